The van der Waals surface area contributed by atoms with Crippen LogP contribution in [0.5, 0.6) is 0 Å². The van der Waals surface area contributed by atoms with Crippen LogP contribution in [0, 0.1) is 5.41 Å². The van der Waals surface area contributed by atoms with E-state index in [-0.39, 0.29) is 12.5 Å². The van der Waals surface area contributed by atoms with Gasteiger partial charge in [-0.1, -0.05) is 0 Å². The van der Waals surface area contributed by atoms with E-state index in [2.05, 4.69) is 5.32 Å². The minimum Gasteiger partial charge on any atom is -0.481 e. The van der Waals surface area contributed by atoms with Gasteiger partial charge in [-0.15, -0.1) is 0 Å². The molecule has 0 radical (unpaired) electrons. The third-order valence-corrected chi connectivity index (χ3v) is 3.82. The number of aliphatic hydroxyl groups is 1. The summed E-state index contributed by atoms with van der Waals surface area (Å²) >= 11 is 0. The highest BCUT2D eigenvalue weighted by Crippen LogP contribution is 2.46. The summed E-state index contributed by atoms with van der Waals surface area (Å²) in [5, 5.41) is 22.3. The maximum absolute atomic E-state index is 11.7. The van der Waals surface area contributed by atoms with Crippen molar-refractivity contribution in [2.75, 3.05) is 0 Å². The number of carbonyl (C=O) groups excluding carboxylic acids is 1. The molecule has 0 bridgehead atoms. The minimum atomic E-state index is -1.34. The van der Waals surface area contributed by atoms with E-state index < -0.39 is 28.7 Å². The van der Waals surface area contributed by atoms with Crippen molar-refractivity contribution in [1.29, 1.82) is 0 Å². The van der Waals surface area contributed by atoms with Crippen LogP contribution >= 0.6 is 0 Å². The molecule has 116 valence electrons. The SMILES string of the molecule is CC(C)(C)OC(=O)NC1CCC(C(=O)O)(C(C)(C)O)C1. The minimum absolute atomic E-state index is 0.199. The summed E-state index contributed by atoms with van der Waals surface area (Å²) in [7, 11) is 0. The summed E-state index contributed by atoms with van der Waals surface area (Å²) in [6.07, 6.45) is 0.479. The van der Waals surface area contributed by atoms with Crippen molar-refractivity contribution in [1.82, 2.24) is 5.32 Å². The Kier molecular flexibility index (Phi) is 4.39. The Hall–Kier alpha value is -1.30. The summed E-state index contributed by atoms with van der Waals surface area (Å²) in [5.74, 6) is -1.03. The third-order valence-electron chi connectivity index (χ3n) is 3.82. The highest BCUT2D eigenvalue weighted by atomic mass is 16.6. The molecule has 1 aliphatic rings. The molecule has 1 rings (SSSR count). The van der Waals surface area contributed by atoms with Crippen LogP contribution in [-0.4, -0.2) is 39.5 Å². The zero-order chi connectivity index (χ0) is 15.8. The molecule has 1 saturated carbocycles. The topological polar surface area (TPSA) is 95.9 Å². The monoisotopic (exact) mass is 287 g/mol. The van der Waals surface area contributed by atoms with Crippen LogP contribution in [0.3, 0.4) is 0 Å². The number of rotatable bonds is 3. The molecule has 6 nitrogen and oxygen atoms in total. The number of nitrogens with one attached hydrogen (secondary N) is 1. The van der Waals surface area contributed by atoms with E-state index in [4.69, 9.17) is 4.74 Å². The first-order valence-electron chi connectivity index (χ1n) is 6.83. The smallest absolute Gasteiger partial charge is 0.407 e. The van der Waals surface area contributed by atoms with Crippen molar-refractivity contribution < 1.29 is 24.5 Å². The van der Waals surface area contributed by atoms with E-state index in [1.807, 2.05) is 0 Å². The average Bonchev–Trinajstić information content (AvgIpc) is 2.58. The Morgan fingerprint density at radius 2 is 1.80 bits per heavy atom. The highest BCUT2D eigenvalue weighted by Gasteiger charge is 2.55. The Labute approximate surface area is 119 Å². The van der Waals surface area contributed by atoms with E-state index in [0.717, 1.165) is 0 Å². The average molecular weight is 287 g/mol. The summed E-state index contributed by atoms with van der Waals surface area (Å²) in [6, 6.07) is -0.299. The molecule has 1 aliphatic carbocycles. The van der Waals surface area contributed by atoms with E-state index >= 15 is 0 Å². The number of carboxylic acids is 1. The first-order valence-corrected chi connectivity index (χ1v) is 6.83. The second-order valence-corrected chi connectivity index (χ2v) is 7.03. The highest BCUT2D eigenvalue weighted by molar-refractivity contribution is 5.77. The number of hydrogen-bond acceptors (Lipinski definition) is 4. The zero-order valence-electron chi connectivity index (χ0n) is 12.8. The van der Waals surface area contributed by atoms with Gasteiger partial charge in [-0.05, 0) is 53.9 Å². The Morgan fingerprint density at radius 1 is 1.25 bits per heavy atom. The fourth-order valence-corrected chi connectivity index (χ4v) is 2.65. The summed E-state index contributed by atoms with van der Waals surface area (Å²) in [6.45, 7) is 8.28. The van der Waals surface area contributed by atoms with Gasteiger partial charge in [0.2, 0.25) is 0 Å². The lowest BCUT2D eigenvalue weighted by Gasteiger charge is -2.36. The number of carbonyl (C=O) groups is 2. The number of ether oxygens (including phenoxy) is 1. The molecular formula is C14H25NO5. The molecule has 0 saturated heterocycles. The number of alkyl carbamates (subject to hydrolysis) is 1. The van der Waals surface area contributed by atoms with Gasteiger partial charge in [0, 0.05) is 6.04 Å². The van der Waals surface area contributed by atoms with E-state index in [0.29, 0.717) is 12.8 Å². The van der Waals surface area contributed by atoms with Crippen molar-refractivity contribution in [3.8, 4) is 0 Å². The van der Waals surface area contributed by atoms with Gasteiger partial charge in [0.15, 0.2) is 0 Å². The van der Waals surface area contributed by atoms with Gasteiger partial charge in [0.25, 0.3) is 0 Å². The predicted octanol–water partition coefficient (Wildman–Crippen LogP) is 1.91. The lowest BCUT2D eigenvalue weighted by molar-refractivity contribution is -0.164. The zero-order valence-corrected chi connectivity index (χ0v) is 12.8. The standard InChI is InChI=1S/C14H25NO5/c1-12(2,3)20-11(18)15-9-6-7-14(8-9,10(16)17)13(4,5)19/h9,19H,6-8H2,1-5H3,(H,15,18)(H,16,17). The molecule has 0 aromatic carbocycles. The largest absolute Gasteiger partial charge is 0.481 e. The molecular weight excluding hydrogens is 262 g/mol. The lowest BCUT2D eigenvalue weighted by atomic mass is 9.72. The summed E-state index contributed by atoms with van der Waals surface area (Å²) in [4.78, 5) is 23.2. The number of carboxylic acid groups (broad SMARTS) is 1. The molecule has 0 aromatic rings. The van der Waals surface area contributed by atoms with Gasteiger partial charge in [0.1, 0.15) is 5.60 Å². The van der Waals surface area contributed by atoms with Gasteiger partial charge in [0.05, 0.1) is 11.0 Å². The second-order valence-electron chi connectivity index (χ2n) is 7.03. The number of aliphatic carboxylic acids is 1. The first-order chi connectivity index (χ1) is 8.87. The van der Waals surface area contributed by atoms with Crippen LogP contribution < -0.4 is 5.32 Å². The number of amides is 1. The van der Waals surface area contributed by atoms with E-state index in [1.165, 1.54) is 13.8 Å². The molecule has 0 aromatic heterocycles. The maximum Gasteiger partial charge on any atom is 0.407 e. The fourth-order valence-electron chi connectivity index (χ4n) is 2.65. The molecule has 1 fully saturated rings. The van der Waals surface area contributed by atoms with Gasteiger partial charge in [-0.2, -0.15) is 0 Å². The van der Waals surface area contributed by atoms with Gasteiger partial charge in [-0.25, -0.2) is 4.79 Å². The summed E-state index contributed by atoms with van der Waals surface area (Å²) < 4.78 is 5.15. The van der Waals surface area contributed by atoms with Crippen LogP contribution in [-0.2, 0) is 9.53 Å². The molecule has 20 heavy (non-hydrogen) atoms. The van der Waals surface area contributed by atoms with Crippen LogP contribution in [0.2, 0.25) is 0 Å². The molecule has 2 unspecified atom stereocenters. The van der Waals surface area contributed by atoms with Crippen molar-refractivity contribution in [3.05, 3.63) is 0 Å². The summed E-state index contributed by atoms with van der Waals surface area (Å²) in [5.41, 5.74) is -3.17. The Morgan fingerprint density at radius 3 is 2.15 bits per heavy atom. The fraction of sp³-hybridized carbons (Fsp3) is 0.857. The van der Waals surface area contributed by atoms with Gasteiger partial charge >= 0.3 is 12.1 Å². The molecule has 1 amide bonds. The van der Waals surface area contributed by atoms with Crippen LogP contribution in [0.1, 0.15) is 53.9 Å². The molecule has 0 aliphatic heterocycles. The third kappa shape index (κ3) is 3.62. The molecule has 6 heteroatoms. The first kappa shape index (κ1) is 16.8. The van der Waals surface area contributed by atoms with Crippen LogP contribution in [0.4, 0.5) is 4.79 Å². The van der Waals surface area contributed by atoms with Crippen molar-refractivity contribution in [3.63, 3.8) is 0 Å². The molecule has 2 atom stereocenters. The van der Waals surface area contributed by atoms with Crippen molar-refractivity contribution >= 4 is 12.1 Å². The second kappa shape index (κ2) is 5.24. The van der Waals surface area contributed by atoms with Crippen LogP contribution in [0.15, 0.2) is 0 Å². The van der Waals surface area contributed by atoms with E-state index in [1.54, 1.807) is 20.8 Å². The van der Waals surface area contributed by atoms with E-state index in [9.17, 15) is 19.8 Å². The van der Waals surface area contributed by atoms with Crippen molar-refractivity contribution in [2.45, 2.75) is 71.1 Å². The normalized spacial score (nSPS) is 27.2. The maximum atomic E-state index is 11.7. The van der Waals surface area contributed by atoms with Gasteiger partial charge < -0.3 is 20.3 Å². The van der Waals surface area contributed by atoms with Gasteiger partial charge in [-0.3, -0.25) is 4.79 Å². The lowest BCUT2D eigenvalue weighted by Crippen LogP contribution is -2.49. The quantitative estimate of drug-likeness (QED) is 0.737. The number of hydrogen-bond donors (Lipinski definition) is 3. The van der Waals surface area contributed by atoms with Crippen LogP contribution in [0.25, 0.3) is 0 Å². The molecule has 3 N–H and O–H groups in total. The van der Waals surface area contributed by atoms with Crippen molar-refractivity contribution in [2.24, 2.45) is 5.41 Å². The Bertz CT molecular complexity index is 393. The molecule has 0 spiro atoms. The Balaban J connectivity index is 2.71. The predicted molar refractivity (Wildman–Crippen MR) is 73.4 cm³/mol. The molecule has 0 heterocycles.